The molecule has 0 radical (unpaired) electrons. The number of hydrogen-bond acceptors (Lipinski definition) is 3. The van der Waals surface area contributed by atoms with Crippen LogP contribution in [0.2, 0.25) is 10.3 Å². The number of carbonyl (C=O) groups is 1. The number of carbonyl (C=O) groups excluding carboxylic acids is 1. The van der Waals surface area contributed by atoms with Crippen molar-refractivity contribution >= 4 is 29.2 Å². The Hall–Kier alpha value is 0.836. The van der Waals surface area contributed by atoms with Gasteiger partial charge < -0.3 is 9.90 Å². The van der Waals surface area contributed by atoms with Crippen LogP contribution >= 0.6 is 23.2 Å². The first-order valence-electron chi connectivity index (χ1n) is 2.64. The Bertz CT molecular complexity index is 285. The van der Waals surface area contributed by atoms with Gasteiger partial charge in [-0.1, -0.05) is 23.2 Å². The fourth-order valence-corrected chi connectivity index (χ4v) is 1.04. The molecule has 6 heteroatoms. The summed E-state index contributed by atoms with van der Waals surface area (Å²) in [5.74, 6) is -1.32. The number of nitrogens with zero attached hydrogens (tertiary/aromatic N) is 1. The van der Waals surface area contributed by atoms with E-state index in [9.17, 15) is 9.90 Å². The van der Waals surface area contributed by atoms with Gasteiger partial charge >= 0.3 is 51.4 Å². The topological polar surface area (TPSA) is 53.0 Å². The van der Waals surface area contributed by atoms with E-state index in [0.29, 0.717) is 0 Å². The van der Waals surface area contributed by atoms with Gasteiger partial charge in [-0.05, 0) is 12.1 Å². The zero-order valence-electron chi connectivity index (χ0n) is 6.17. The van der Waals surface area contributed by atoms with E-state index >= 15 is 0 Å². The van der Waals surface area contributed by atoms with Crippen LogP contribution in [-0.4, -0.2) is 11.0 Å². The van der Waals surface area contributed by atoms with Gasteiger partial charge in [0.05, 0.1) is 5.97 Å². The molecule has 0 atom stereocenters. The van der Waals surface area contributed by atoms with Crippen molar-refractivity contribution in [1.82, 2.24) is 4.98 Å². The third kappa shape index (κ3) is 3.70. The van der Waals surface area contributed by atoms with E-state index in [2.05, 4.69) is 4.98 Å². The van der Waals surface area contributed by atoms with E-state index in [1.54, 1.807) is 0 Å². The average molecular weight is 230 g/mol. The number of hydrogen-bond donors (Lipinski definition) is 0. The molecule has 0 N–H and O–H groups in total. The molecule has 0 amide bonds. The maximum absolute atomic E-state index is 10.2. The van der Waals surface area contributed by atoms with Gasteiger partial charge in [-0.3, -0.25) is 0 Å². The Balaban J connectivity index is 0.00000121. The van der Waals surface area contributed by atoms with Gasteiger partial charge in [-0.15, -0.1) is 0 Å². The second-order valence-corrected chi connectivity index (χ2v) is 2.56. The Kier molecular flexibility index (Phi) is 5.93. The van der Waals surface area contributed by atoms with Gasteiger partial charge in [0.1, 0.15) is 10.3 Å². The van der Waals surface area contributed by atoms with Crippen LogP contribution in [0, 0.1) is 0 Å². The fourth-order valence-electron chi connectivity index (χ4n) is 0.583. The minimum Gasteiger partial charge on any atom is -0.545 e. The first-order valence-corrected chi connectivity index (χ1v) is 3.39. The predicted octanol–water partition coefficient (Wildman–Crippen LogP) is -2.24. The van der Waals surface area contributed by atoms with E-state index in [1.807, 2.05) is 0 Å². The van der Waals surface area contributed by atoms with Crippen LogP contribution in [0.4, 0.5) is 0 Å². The molecular weight excluding hydrogens is 228 g/mol. The molecule has 0 aliphatic carbocycles. The molecule has 0 fully saturated rings. The molecule has 0 saturated carbocycles. The molecule has 0 spiro atoms. The standard InChI is InChI=1S/C6H3Cl2NO2.K/c7-4-1-3(6(10)11)2-5(8)9-4;/h1-2H,(H,10,11);/q;+1/p-1. The second-order valence-electron chi connectivity index (χ2n) is 1.79. The molecule has 0 aliphatic heterocycles. The number of pyridine rings is 1. The first-order chi connectivity index (χ1) is 5.09. The van der Waals surface area contributed by atoms with Crippen LogP contribution in [0.25, 0.3) is 0 Å². The summed E-state index contributed by atoms with van der Waals surface area (Å²) in [7, 11) is 0. The van der Waals surface area contributed by atoms with Crippen LogP contribution in [0.1, 0.15) is 10.4 Å². The molecule has 0 aromatic carbocycles. The molecule has 1 aromatic heterocycles. The number of rotatable bonds is 1. The monoisotopic (exact) mass is 229 g/mol. The van der Waals surface area contributed by atoms with Gasteiger partial charge in [-0.2, -0.15) is 0 Å². The summed E-state index contributed by atoms with van der Waals surface area (Å²) in [5.41, 5.74) is -0.0741. The van der Waals surface area contributed by atoms with E-state index in [1.165, 1.54) is 12.1 Å². The smallest absolute Gasteiger partial charge is 0.545 e. The third-order valence-corrected chi connectivity index (χ3v) is 1.39. The quantitative estimate of drug-likeness (QED) is 0.405. The molecule has 1 aromatic rings. The Morgan fingerprint density at radius 2 is 1.75 bits per heavy atom. The van der Waals surface area contributed by atoms with E-state index in [-0.39, 0.29) is 67.3 Å². The summed E-state index contributed by atoms with van der Waals surface area (Å²) < 4.78 is 0. The molecule has 1 heterocycles. The van der Waals surface area contributed by atoms with Crippen molar-refractivity contribution in [3.8, 4) is 0 Å². The first kappa shape index (κ1) is 12.8. The Labute approximate surface area is 122 Å². The van der Waals surface area contributed by atoms with Gasteiger partial charge in [-0.25, -0.2) is 4.98 Å². The maximum Gasteiger partial charge on any atom is 1.00 e. The predicted molar refractivity (Wildman–Crippen MR) is 38.6 cm³/mol. The van der Waals surface area contributed by atoms with Crippen molar-refractivity contribution in [1.29, 1.82) is 0 Å². The van der Waals surface area contributed by atoms with Crippen molar-refractivity contribution in [3.05, 3.63) is 28.0 Å². The van der Waals surface area contributed by atoms with Crippen molar-refractivity contribution in [3.63, 3.8) is 0 Å². The molecular formula is C6H2Cl2KNO2. The van der Waals surface area contributed by atoms with Gasteiger partial charge in [0, 0.05) is 5.56 Å². The molecule has 0 bridgehead atoms. The fraction of sp³-hybridized carbons (Fsp3) is 0. The molecule has 0 unspecified atom stereocenters. The molecule has 1 rings (SSSR count). The van der Waals surface area contributed by atoms with Gasteiger partial charge in [0.2, 0.25) is 0 Å². The van der Waals surface area contributed by atoms with Crippen LogP contribution in [0.15, 0.2) is 12.1 Å². The summed E-state index contributed by atoms with van der Waals surface area (Å²) in [6.45, 7) is 0. The molecule has 0 aliphatic rings. The SMILES string of the molecule is O=C([O-])c1cc(Cl)nc(Cl)c1.[K+]. The minimum absolute atomic E-state index is 0. The summed E-state index contributed by atoms with van der Waals surface area (Å²) >= 11 is 10.8. The average Bonchev–Trinajstić information content (AvgIpc) is 1.85. The van der Waals surface area contributed by atoms with Crippen LogP contribution < -0.4 is 56.5 Å². The van der Waals surface area contributed by atoms with Gasteiger partial charge in [0.15, 0.2) is 0 Å². The number of aromatic nitrogens is 1. The maximum atomic E-state index is 10.2. The van der Waals surface area contributed by atoms with E-state index in [4.69, 9.17) is 23.2 Å². The molecule has 12 heavy (non-hydrogen) atoms. The normalized spacial score (nSPS) is 8.83. The van der Waals surface area contributed by atoms with Crippen LogP contribution in [0.5, 0.6) is 0 Å². The zero-order valence-corrected chi connectivity index (χ0v) is 10.8. The van der Waals surface area contributed by atoms with Crippen molar-refractivity contribution in [2.24, 2.45) is 0 Å². The molecule has 58 valence electrons. The number of carboxylic acids is 1. The van der Waals surface area contributed by atoms with E-state index in [0.717, 1.165) is 0 Å². The largest absolute Gasteiger partial charge is 1.00 e. The van der Waals surface area contributed by atoms with Crippen molar-refractivity contribution in [2.45, 2.75) is 0 Å². The van der Waals surface area contributed by atoms with E-state index < -0.39 is 5.97 Å². The minimum atomic E-state index is -1.32. The third-order valence-electron chi connectivity index (χ3n) is 0.999. The Morgan fingerprint density at radius 1 is 1.33 bits per heavy atom. The second kappa shape index (κ2) is 5.54. The van der Waals surface area contributed by atoms with Crippen LogP contribution in [0.3, 0.4) is 0 Å². The van der Waals surface area contributed by atoms with Gasteiger partial charge in [0.25, 0.3) is 0 Å². The molecule has 0 saturated heterocycles. The zero-order chi connectivity index (χ0) is 8.43. The summed E-state index contributed by atoms with van der Waals surface area (Å²) in [4.78, 5) is 13.8. The van der Waals surface area contributed by atoms with Crippen molar-refractivity contribution in [2.75, 3.05) is 0 Å². The number of aromatic carboxylic acids is 1. The molecule has 3 nitrogen and oxygen atoms in total. The summed E-state index contributed by atoms with van der Waals surface area (Å²) in [5, 5.41) is 10.3. The van der Waals surface area contributed by atoms with Crippen molar-refractivity contribution < 1.29 is 61.3 Å². The summed E-state index contributed by atoms with van der Waals surface area (Å²) in [6.07, 6.45) is 0. The number of carboxylic acid groups (broad SMARTS) is 1. The van der Waals surface area contributed by atoms with Crippen LogP contribution in [-0.2, 0) is 0 Å². The number of halogens is 2. The summed E-state index contributed by atoms with van der Waals surface area (Å²) in [6, 6.07) is 2.34. The Morgan fingerprint density at radius 3 is 2.08 bits per heavy atom.